The molecule has 2 rings (SSSR count). The summed E-state index contributed by atoms with van der Waals surface area (Å²) in [5.74, 6) is -2.75. The monoisotopic (exact) mass is 316 g/mol. The van der Waals surface area contributed by atoms with Crippen LogP contribution in [0.2, 0.25) is 5.02 Å². The molecular weight excluding hydrogens is 309 g/mol. The number of hydrogen-bond donors (Lipinski definition) is 1. The van der Waals surface area contributed by atoms with Gasteiger partial charge in [-0.15, -0.1) is 0 Å². The maximum absolute atomic E-state index is 13.6. The van der Waals surface area contributed by atoms with Crippen LogP contribution in [0.4, 0.5) is 24.5 Å². The minimum atomic E-state index is -1.26. The molecule has 0 fully saturated rings. The summed E-state index contributed by atoms with van der Waals surface area (Å²) in [4.78, 5) is 9.66. The van der Waals surface area contributed by atoms with Gasteiger partial charge in [-0.1, -0.05) is 11.6 Å². The third-order valence-electron chi connectivity index (χ3n) is 2.71. The lowest BCUT2D eigenvalue weighted by Gasteiger charge is -2.09. The highest BCUT2D eigenvalue weighted by molar-refractivity contribution is 6.33. The van der Waals surface area contributed by atoms with Crippen molar-refractivity contribution in [3.8, 4) is 0 Å². The highest BCUT2D eigenvalue weighted by Gasteiger charge is 2.18. The van der Waals surface area contributed by atoms with Gasteiger partial charge < -0.3 is 5.32 Å². The van der Waals surface area contributed by atoms with E-state index in [-0.39, 0.29) is 22.8 Å². The summed E-state index contributed by atoms with van der Waals surface area (Å²) < 4.78 is 39.8. The number of nitrogens with zero attached hydrogens (tertiary/aromatic N) is 1. The van der Waals surface area contributed by atoms with Gasteiger partial charge in [0.2, 0.25) is 5.82 Å². The quantitative estimate of drug-likeness (QED) is 0.676. The smallest absolute Gasteiger partial charge is 0.305 e. The van der Waals surface area contributed by atoms with Crippen LogP contribution in [-0.2, 0) is 6.54 Å². The fraction of sp³-hybridized carbons (Fsp3) is 0.0769. The minimum Gasteiger partial charge on any atom is -0.380 e. The van der Waals surface area contributed by atoms with Gasteiger partial charge >= 0.3 is 5.69 Å². The van der Waals surface area contributed by atoms with Crippen molar-refractivity contribution in [3.63, 3.8) is 0 Å². The Hall–Kier alpha value is -2.28. The molecule has 0 aliphatic carbocycles. The first kappa shape index (κ1) is 15.1. The second kappa shape index (κ2) is 6.01. The van der Waals surface area contributed by atoms with E-state index in [9.17, 15) is 23.3 Å². The number of halogens is 4. The van der Waals surface area contributed by atoms with E-state index in [0.717, 1.165) is 18.2 Å². The number of rotatable bonds is 4. The topological polar surface area (TPSA) is 55.2 Å². The maximum atomic E-state index is 13.6. The Bertz CT molecular complexity index is 710. The van der Waals surface area contributed by atoms with Crippen LogP contribution >= 0.6 is 11.6 Å². The Balaban J connectivity index is 2.25. The third kappa shape index (κ3) is 3.43. The first-order chi connectivity index (χ1) is 9.88. The number of hydrogen-bond acceptors (Lipinski definition) is 3. The predicted octanol–water partition coefficient (Wildman–Crippen LogP) is 4.28. The van der Waals surface area contributed by atoms with Gasteiger partial charge in [0.25, 0.3) is 0 Å². The molecule has 21 heavy (non-hydrogen) atoms. The fourth-order valence-corrected chi connectivity index (χ4v) is 1.86. The van der Waals surface area contributed by atoms with Crippen LogP contribution in [0.5, 0.6) is 0 Å². The van der Waals surface area contributed by atoms with Crippen molar-refractivity contribution in [2.75, 3.05) is 5.32 Å². The van der Waals surface area contributed by atoms with Gasteiger partial charge in [0.15, 0.2) is 0 Å². The Morgan fingerprint density at radius 1 is 1.14 bits per heavy atom. The molecule has 0 unspecified atom stereocenters. The van der Waals surface area contributed by atoms with Gasteiger partial charge in [-0.25, -0.2) is 8.78 Å². The Labute approximate surface area is 122 Å². The molecule has 0 amide bonds. The summed E-state index contributed by atoms with van der Waals surface area (Å²) in [5, 5.41) is 13.5. The van der Waals surface area contributed by atoms with E-state index < -0.39 is 28.1 Å². The van der Waals surface area contributed by atoms with Gasteiger partial charge in [-0.05, 0) is 18.2 Å². The lowest BCUT2D eigenvalue weighted by atomic mass is 10.1. The zero-order valence-electron chi connectivity index (χ0n) is 10.4. The molecular formula is C13H8ClF3N2O2. The van der Waals surface area contributed by atoms with Crippen molar-refractivity contribution < 1.29 is 18.1 Å². The SMILES string of the molecule is O=[N+]([O-])c1cc(CNc2cc(F)ccc2Cl)c(F)cc1F. The normalized spacial score (nSPS) is 10.5. The van der Waals surface area contributed by atoms with E-state index in [1.54, 1.807) is 0 Å². The zero-order chi connectivity index (χ0) is 15.6. The average molecular weight is 317 g/mol. The Morgan fingerprint density at radius 2 is 1.86 bits per heavy atom. The number of nitro benzene ring substituents is 1. The van der Waals surface area contributed by atoms with Gasteiger partial charge in [-0.2, -0.15) is 4.39 Å². The number of anilines is 1. The van der Waals surface area contributed by atoms with Crippen LogP contribution in [0.25, 0.3) is 0 Å². The maximum Gasteiger partial charge on any atom is 0.305 e. The highest BCUT2D eigenvalue weighted by atomic mass is 35.5. The van der Waals surface area contributed by atoms with E-state index in [2.05, 4.69) is 5.32 Å². The van der Waals surface area contributed by atoms with Crippen molar-refractivity contribution in [2.24, 2.45) is 0 Å². The van der Waals surface area contributed by atoms with E-state index in [1.165, 1.54) is 6.07 Å². The summed E-state index contributed by atoms with van der Waals surface area (Å²) in [7, 11) is 0. The summed E-state index contributed by atoms with van der Waals surface area (Å²) >= 11 is 5.82. The van der Waals surface area contributed by atoms with E-state index >= 15 is 0 Å². The summed E-state index contributed by atoms with van der Waals surface area (Å²) in [6.07, 6.45) is 0. The number of nitro groups is 1. The number of benzene rings is 2. The van der Waals surface area contributed by atoms with E-state index in [4.69, 9.17) is 11.6 Å². The second-order valence-electron chi connectivity index (χ2n) is 4.13. The average Bonchev–Trinajstić information content (AvgIpc) is 2.41. The van der Waals surface area contributed by atoms with Crippen LogP contribution in [0.1, 0.15) is 5.56 Å². The molecule has 4 nitrogen and oxygen atoms in total. The first-order valence-corrected chi connectivity index (χ1v) is 6.07. The molecule has 110 valence electrons. The van der Waals surface area contributed by atoms with Crippen molar-refractivity contribution in [1.29, 1.82) is 0 Å². The molecule has 0 saturated carbocycles. The van der Waals surface area contributed by atoms with Gasteiger partial charge in [0.1, 0.15) is 11.6 Å². The third-order valence-corrected chi connectivity index (χ3v) is 3.04. The molecule has 0 bridgehead atoms. The summed E-state index contributed by atoms with van der Waals surface area (Å²) in [6, 6.07) is 4.77. The largest absolute Gasteiger partial charge is 0.380 e. The highest BCUT2D eigenvalue weighted by Crippen LogP contribution is 2.25. The van der Waals surface area contributed by atoms with Crippen LogP contribution < -0.4 is 5.32 Å². The molecule has 0 aliphatic rings. The molecule has 0 saturated heterocycles. The zero-order valence-corrected chi connectivity index (χ0v) is 11.1. The molecule has 0 heterocycles. The molecule has 0 aromatic heterocycles. The van der Waals surface area contributed by atoms with E-state index in [1.807, 2.05) is 0 Å². The molecule has 2 aromatic carbocycles. The van der Waals surface area contributed by atoms with Crippen LogP contribution in [0.15, 0.2) is 30.3 Å². The van der Waals surface area contributed by atoms with Crippen LogP contribution in [-0.4, -0.2) is 4.92 Å². The van der Waals surface area contributed by atoms with Gasteiger partial charge in [-0.3, -0.25) is 10.1 Å². The van der Waals surface area contributed by atoms with Gasteiger partial charge in [0.05, 0.1) is 15.6 Å². The molecule has 0 atom stereocenters. The first-order valence-electron chi connectivity index (χ1n) is 5.69. The Kier molecular flexibility index (Phi) is 4.32. The molecule has 1 N–H and O–H groups in total. The number of nitrogens with one attached hydrogen (secondary N) is 1. The Morgan fingerprint density at radius 3 is 2.52 bits per heavy atom. The molecule has 0 spiro atoms. The van der Waals surface area contributed by atoms with Crippen molar-refractivity contribution in [2.45, 2.75) is 6.54 Å². The second-order valence-corrected chi connectivity index (χ2v) is 4.54. The molecule has 8 heteroatoms. The summed E-state index contributed by atoms with van der Waals surface area (Å²) in [6.45, 7) is -0.212. The molecule has 0 aliphatic heterocycles. The van der Waals surface area contributed by atoms with Crippen LogP contribution in [0, 0.1) is 27.6 Å². The molecule has 0 radical (unpaired) electrons. The predicted molar refractivity (Wildman–Crippen MR) is 71.7 cm³/mol. The fourth-order valence-electron chi connectivity index (χ4n) is 1.68. The van der Waals surface area contributed by atoms with E-state index in [0.29, 0.717) is 6.07 Å². The van der Waals surface area contributed by atoms with Crippen molar-refractivity contribution in [3.05, 3.63) is 68.5 Å². The van der Waals surface area contributed by atoms with Crippen molar-refractivity contribution >= 4 is 23.0 Å². The lowest BCUT2D eigenvalue weighted by Crippen LogP contribution is -2.05. The van der Waals surface area contributed by atoms with Crippen LogP contribution in [0.3, 0.4) is 0 Å². The summed E-state index contributed by atoms with van der Waals surface area (Å²) in [5.41, 5.74) is -0.773. The minimum absolute atomic E-state index is 0.136. The molecule has 2 aromatic rings. The lowest BCUT2D eigenvalue weighted by molar-refractivity contribution is -0.387. The van der Waals surface area contributed by atoms with Crippen molar-refractivity contribution in [1.82, 2.24) is 0 Å². The standard InChI is InChI=1S/C13H8ClF3N2O2/c14-9-2-1-8(15)4-12(9)18-6-7-3-13(19(20)21)11(17)5-10(7)16/h1-5,18H,6H2. The van der Waals surface area contributed by atoms with Gasteiger partial charge in [0, 0.05) is 24.2 Å².